The molecule has 0 aliphatic heterocycles. The van der Waals surface area contributed by atoms with E-state index in [-0.39, 0.29) is 11.8 Å². The van der Waals surface area contributed by atoms with Crippen molar-refractivity contribution in [1.29, 1.82) is 0 Å². The first-order valence-electron chi connectivity index (χ1n) is 8.80. The zero-order valence-corrected chi connectivity index (χ0v) is 15.1. The molecule has 3 heteroatoms. The molecule has 0 fully saturated rings. The fourth-order valence-electron chi connectivity index (χ4n) is 2.79. The second kappa shape index (κ2) is 11.4. The molecule has 128 valence electrons. The van der Waals surface area contributed by atoms with E-state index in [0.717, 1.165) is 32.1 Å². The van der Waals surface area contributed by atoms with Crippen molar-refractivity contribution in [2.24, 2.45) is 5.92 Å². The summed E-state index contributed by atoms with van der Waals surface area (Å²) in [4.78, 5) is 23.3. The summed E-state index contributed by atoms with van der Waals surface area (Å²) in [5.74, 6) is 0.457. The number of allylic oxidation sites excluding steroid dienone is 2. The van der Waals surface area contributed by atoms with Crippen molar-refractivity contribution >= 4 is 11.8 Å². The first-order chi connectivity index (χ1) is 10.4. The number of rotatable bonds is 12. The summed E-state index contributed by atoms with van der Waals surface area (Å²) in [7, 11) is 0. The number of hydrogen-bond acceptors (Lipinski definition) is 3. The van der Waals surface area contributed by atoms with Crippen LogP contribution in [0.4, 0.5) is 0 Å². The molecule has 2 unspecified atom stereocenters. The third-order valence-corrected chi connectivity index (χ3v) is 4.29. The van der Waals surface area contributed by atoms with Crippen molar-refractivity contribution < 1.29 is 14.3 Å². The van der Waals surface area contributed by atoms with Crippen molar-refractivity contribution in [1.82, 2.24) is 0 Å². The van der Waals surface area contributed by atoms with Gasteiger partial charge in [0.1, 0.15) is 11.4 Å². The summed E-state index contributed by atoms with van der Waals surface area (Å²) in [5.41, 5.74) is -0.605. The number of ketones is 1. The number of ether oxygens (including phenoxy) is 1. The molecule has 2 atom stereocenters. The minimum absolute atomic E-state index is 0.168. The van der Waals surface area contributed by atoms with Crippen molar-refractivity contribution in [2.75, 3.05) is 0 Å². The molecule has 0 amide bonds. The van der Waals surface area contributed by atoms with Crippen LogP contribution in [0.2, 0.25) is 0 Å². The van der Waals surface area contributed by atoms with Crippen LogP contribution in [-0.4, -0.2) is 17.4 Å². The molecule has 0 aliphatic rings. The van der Waals surface area contributed by atoms with Gasteiger partial charge in [-0.25, -0.2) is 0 Å². The van der Waals surface area contributed by atoms with Gasteiger partial charge in [-0.05, 0) is 44.4 Å². The van der Waals surface area contributed by atoms with Gasteiger partial charge in [0.2, 0.25) is 0 Å². The Morgan fingerprint density at radius 3 is 2.32 bits per heavy atom. The van der Waals surface area contributed by atoms with Crippen LogP contribution in [0, 0.1) is 5.92 Å². The van der Waals surface area contributed by atoms with E-state index in [2.05, 4.69) is 26.0 Å². The van der Waals surface area contributed by atoms with Gasteiger partial charge in [-0.2, -0.15) is 0 Å². The molecule has 0 aromatic rings. The fraction of sp³-hybridized carbons (Fsp3) is 0.789. The smallest absolute Gasteiger partial charge is 0.303 e. The number of carbonyl (C=O) groups excluding carboxylic acids is 2. The molecule has 0 radical (unpaired) electrons. The molecule has 0 aliphatic carbocycles. The summed E-state index contributed by atoms with van der Waals surface area (Å²) < 4.78 is 5.58. The topological polar surface area (TPSA) is 43.4 Å². The van der Waals surface area contributed by atoms with Gasteiger partial charge in [-0.1, -0.05) is 39.8 Å². The Hall–Kier alpha value is -1.12. The minimum Gasteiger partial charge on any atom is -0.459 e. The van der Waals surface area contributed by atoms with Crippen LogP contribution in [0.25, 0.3) is 0 Å². The number of carbonyl (C=O) groups is 2. The molecule has 0 saturated carbocycles. The lowest BCUT2D eigenvalue weighted by Gasteiger charge is -2.32. The molecule has 0 heterocycles. The molecule has 0 spiro atoms. The molecule has 0 N–H and O–H groups in total. The average molecular weight is 310 g/mol. The van der Waals surface area contributed by atoms with E-state index in [9.17, 15) is 9.59 Å². The molecule has 0 saturated heterocycles. The standard InChI is InChI=1S/C19H34O3/c1-6-10-12-17(7-2)13-11-14-19(9-4,22-16(5)20)15-18(21)8-3/h10,12,17H,6-9,11,13-15H2,1-5H3. The lowest BCUT2D eigenvalue weighted by molar-refractivity contribution is -0.160. The maximum absolute atomic E-state index is 11.9. The van der Waals surface area contributed by atoms with Crippen molar-refractivity contribution in [3.8, 4) is 0 Å². The van der Waals surface area contributed by atoms with Gasteiger partial charge >= 0.3 is 5.97 Å². The quantitative estimate of drug-likeness (QED) is 0.366. The number of esters is 1. The highest BCUT2D eigenvalue weighted by Crippen LogP contribution is 2.30. The second-order valence-corrected chi connectivity index (χ2v) is 6.10. The Morgan fingerprint density at radius 2 is 1.86 bits per heavy atom. The number of hydrogen-bond donors (Lipinski definition) is 0. The maximum atomic E-state index is 11.9. The molecule has 0 bridgehead atoms. The van der Waals surface area contributed by atoms with Crippen LogP contribution in [0.5, 0.6) is 0 Å². The minimum atomic E-state index is -0.605. The van der Waals surface area contributed by atoms with Gasteiger partial charge in [-0.3, -0.25) is 9.59 Å². The molecule has 0 aromatic carbocycles. The van der Waals surface area contributed by atoms with E-state index < -0.39 is 5.60 Å². The highest BCUT2D eigenvalue weighted by atomic mass is 16.6. The third kappa shape index (κ3) is 8.35. The zero-order chi connectivity index (χ0) is 17.0. The SMILES string of the molecule is CCC=CC(CC)CCCC(CC)(CC(=O)CC)OC(C)=O. The van der Waals surface area contributed by atoms with Crippen LogP contribution in [0.3, 0.4) is 0 Å². The second-order valence-electron chi connectivity index (χ2n) is 6.10. The molecule has 22 heavy (non-hydrogen) atoms. The molecule has 0 rings (SSSR count). The summed E-state index contributed by atoms with van der Waals surface area (Å²) >= 11 is 0. The Balaban J connectivity index is 4.71. The number of Topliss-reactive ketones (excluding diaryl/α,β-unsaturated/α-hetero) is 1. The summed E-state index contributed by atoms with van der Waals surface area (Å²) in [6.07, 6.45) is 11.1. The highest BCUT2D eigenvalue weighted by molar-refractivity contribution is 5.79. The molecular weight excluding hydrogens is 276 g/mol. The Kier molecular flexibility index (Phi) is 10.9. The lowest BCUT2D eigenvalue weighted by atomic mass is 9.85. The summed E-state index contributed by atoms with van der Waals surface area (Å²) in [6.45, 7) is 9.63. The van der Waals surface area contributed by atoms with Gasteiger partial charge in [0.05, 0.1) is 0 Å². The first kappa shape index (κ1) is 20.9. The van der Waals surface area contributed by atoms with Gasteiger partial charge in [-0.15, -0.1) is 0 Å². The van der Waals surface area contributed by atoms with Crippen LogP contribution in [0.1, 0.15) is 86.0 Å². The van der Waals surface area contributed by atoms with E-state index in [1.54, 1.807) is 0 Å². The predicted octanol–water partition coefficient (Wildman–Crippen LogP) is 5.23. The van der Waals surface area contributed by atoms with Crippen molar-refractivity contribution in [2.45, 2.75) is 91.6 Å². The van der Waals surface area contributed by atoms with Crippen molar-refractivity contribution in [3.63, 3.8) is 0 Å². The Labute approximate surface area is 136 Å². The largest absolute Gasteiger partial charge is 0.459 e. The molecule has 0 aromatic heterocycles. The molecule has 3 nitrogen and oxygen atoms in total. The predicted molar refractivity (Wildman–Crippen MR) is 91.8 cm³/mol. The first-order valence-corrected chi connectivity index (χ1v) is 8.80. The van der Waals surface area contributed by atoms with E-state index in [0.29, 0.717) is 25.2 Å². The van der Waals surface area contributed by atoms with Gasteiger partial charge < -0.3 is 4.74 Å². The van der Waals surface area contributed by atoms with Crippen LogP contribution >= 0.6 is 0 Å². The van der Waals surface area contributed by atoms with Crippen molar-refractivity contribution in [3.05, 3.63) is 12.2 Å². The summed E-state index contributed by atoms with van der Waals surface area (Å²) in [5, 5.41) is 0. The summed E-state index contributed by atoms with van der Waals surface area (Å²) in [6, 6.07) is 0. The van der Waals surface area contributed by atoms with E-state index in [1.165, 1.54) is 6.92 Å². The lowest BCUT2D eigenvalue weighted by Crippen LogP contribution is -2.36. The Morgan fingerprint density at radius 1 is 1.18 bits per heavy atom. The fourth-order valence-corrected chi connectivity index (χ4v) is 2.79. The highest BCUT2D eigenvalue weighted by Gasteiger charge is 2.33. The monoisotopic (exact) mass is 310 g/mol. The maximum Gasteiger partial charge on any atom is 0.303 e. The normalized spacial score (nSPS) is 15.5. The van der Waals surface area contributed by atoms with E-state index in [4.69, 9.17) is 4.74 Å². The van der Waals surface area contributed by atoms with Gasteiger partial charge in [0, 0.05) is 19.8 Å². The van der Waals surface area contributed by atoms with E-state index in [1.807, 2.05) is 13.8 Å². The van der Waals surface area contributed by atoms with E-state index >= 15 is 0 Å². The Bertz CT molecular complexity index is 360. The van der Waals surface area contributed by atoms with Gasteiger partial charge in [0.15, 0.2) is 0 Å². The van der Waals surface area contributed by atoms with Crippen LogP contribution in [0.15, 0.2) is 12.2 Å². The van der Waals surface area contributed by atoms with Gasteiger partial charge in [0.25, 0.3) is 0 Å². The van der Waals surface area contributed by atoms with Crippen LogP contribution < -0.4 is 0 Å². The molecular formula is C19H34O3. The van der Waals surface area contributed by atoms with Crippen LogP contribution in [-0.2, 0) is 14.3 Å². The zero-order valence-electron chi connectivity index (χ0n) is 15.1. The average Bonchev–Trinajstić information content (AvgIpc) is 2.49. The third-order valence-electron chi connectivity index (χ3n) is 4.29.